The van der Waals surface area contributed by atoms with E-state index in [1.165, 1.54) is 5.56 Å². The smallest absolute Gasteiger partial charge is 0.347 e. The molecule has 1 saturated heterocycles. The Morgan fingerprint density at radius 2 is 1.59 bits per heavy atom. The van der Waals surface area contributed by atoms with Crippen LogP contribution in [0.25, 0.3) is 11.1 Å². The average molecular weight is 560 g/mol. The van der Waals surface area contributed by atoms with Crippen molar-refractivity contribution in [3.05, 3.63) is 83.9 Å². The quantitative estimate of drug-likeness (QED) is 0.185. The number of hydrogen-bond acceptors (Lipinski definition) is 8. The minimum Gasteiger partial charge on any atom is -0.497 e. The molecule has 1 aliphatic rings. The molecule has 41 heavy (non-hydrogen) atoms. The molecule has 0 radical (unpaired) electrons. The fourth-order valence-corrected chi connectivity index (χ4v) is 4.53. The number of hydrogen-bond donors (Lipinski definition) is 0. The van der Waals surface area contributed by atoms with Gasteiger partial charge in [-0.1, -0.05) is 53.7 Å². The molecule has 4 rings (SSSR count). The summed E-state index contributed by atoms with van der Waals surface area (Å²) in [5.41, 5.74) is 4.70. The second-order valence-corrected chi connectivity index (χ2v) is 9.66. The Balaban J connectivity index is 1.25. The van der Waals surface area contributed by atoms with Gasteiger partial charge in [-0.25, -0.2) is 4.79 Å². The zero-order valence-corrected chi connectivity index (χ0v) is 23.9. The number of nitrogens with zero attached hydrogens (tertiary/aromatic N) is 3. The van der Waals surface area contributed by atoms with Gasteiger partial charge >= 0.3 is 5.97 Å². The molecule has 1 heterocycles. The lowest BCUT2D eigenvalue weighted by atomic mass is 10.0. The summed E-state index contributed by atoms with van der Waals surface area (Å²) in [4.78, 5) is 33.5. The highest BCUT2D eigenvalue weighted by Crippen LogP contribution is 2.25. The summed E-state index contributed by atoms with van der Waals surface area (Å²) < 4.78 is 16.0. The summed E-state index contributed by atoms with van der Waals surface area (Å²) in [6, 6.07) is 23.6. The van der Waals surface area contributed by atoms with Gasteiger partial charge in [0.1, 0.15) is 11.5 Å². The van der Waals surface area contributed by atoms with Crippen molar-refractivity contribution in [3.63, 3.8) is 0 Å². The average Bonchev–Trinajstić information content (AvgIpc) is 3.00. The van der Waals surface area contributed by atoms with Crippen LogP contribution in [0.2, 0.25) is 0 Å². The largest absolute Gasteiger partial charge is 0.497 e. The van der Waals surface area contributed by atoms with Gasteiger partial charge in [0.25, 0.3) is 5.91 Å². The molecular formula is C32H37N3O6. The summed E-state index contributed by atoms with van der Waals surface area (Å²) >= 11 is 0. The van der Waals surface area contributed by atoms with Crippen LogP contribution in [0.4, 0.5) is 0 Å². The number of ether oxygens (including phenoxy) is 3. The maximum absolute atomic E-state index is 12.8. The van der Waals surface area contributed by atoms with Crippen molar-refractivity contribution >= 4 is 17.6 Å². The van der Waals surface area contributed by atoms with Crippen LogP contribution < -0.4 is 9.47 Å². The van der Waals surface area contributed by atoms with Crippen LogP contribution in [0.1, 0.15) is 25.0 Å². The van der Waals surface area contributed by atoms with Gasteiger partial charge in [0, 0.05) is 32.7 Å². The van der Waals surface area contributed by atoms with Crippen LogP contribution in [0.15, 0.2) is 78.0 Å². The molecule has 0 unspecified atom stereocenters. The number of rotatable bonds is 12. The number of carbonyl (C=O) groups is 2. The van der Waals surface area contributed by atoms with Crippen LogP contribution in [0, 0.1) is 0 Å². The molecule has 1 fully saturated rings. The van der Waals surface area contributed by atoms with E-state index in [-0.39, 0.29) is 19.1 Å². The zero-order valence-electron chi connectivity index (χ0n) is 23.9. The van der Waals surface area contributed by atoms with Gasteiger partial charge in [0.2, 0.25) is 6.61 Å². The van der Waals surface area contributed by atoms with Gasteiger partial charge in [-0.05, 0) is 60.4 Å². The first kappa shape index (κ1) is 29.6. The molecule has 0 aromatic heterocycles. The Kier molecular flexibility index (Phi) is 10.7. The van der Waals surface area contributed by atoms with Crippen molar-refractivity contribution in [2.45, 2.75) is 20.4 Å². The number of carbonyl (C=O) groups excluding carboxylic acids is 2. The Hall–Kier alpha value is -4.37. The van der Waals surface area contributed by atoms with Gasteiger partial charge in [0.05, 0.1) is 19.4 Å². The van der Waals surface area contributed by atoms with Crippen molar-refractivity contribution in [2.24, 2.45) is 5.16 Å². The first-order valence-electron chi connectivity index (χ1n) is 13.7. The van der Waals surface area contributed by atoms with E-state index in [0.717, 1.165) is 42.1 Å². The first-order valence-corrected chi connectivity index (χ1v) is 13.7. The Morgan fingerprint density at radius 1 is 0.854 bits per heavy atom. The fourth-order valence-electron chi connectivity index (χ4n) is 4.53. The molecule has 1 aliphatic heterocycles. The van der Waals surface area contributed by atoms with E-state index >= 15 is 0 Å². The van der Waals surface area contributed by atoms with Crippen LogP contribution >= 0.6 is 0 Å². The molecule has 0 bridgehead atoms. The van der Waals surface area contributed by atoms with E-state index in [0.29, 0.717) is 31.2 Å². The van der Waals surface area contributed by atoms with Crippen LogP contribution in [0.5, 0.6) is 11.5 Å². The highest BCUT2D eigenvalue weighted by atomic mass is 16.7. The van der Waals surface area contributed by atoms with Crippen LogP contribution in [-0.2, 0) is 25.7 Å². The lowest BCUT2D eigenvalue weighted by molar-refractivity contribution is -0.148. The van der Waals surface area contributed by atoms with Gasteiger partial charge in [-0.2, -0.15) is 0 Å². The van der Waals surface area contributed by atoms with Crippen molar-refractivity contribution in [1.29, 1.82) is 0 Å². The van der Waals surface area contributed by atoms with E-state index in [4.69, 9.17) is 19.0 Å². The van der Waals surface area contributed by atoms with E-state index < -0.39 is 5.97 Å². The molecule has 0 spiro atoms. The maximum atomic E-state index is 12.8. The molecule has 0 saturated carbocycles. The molecular weight excluding hydrogens is 522 g/mol. The molecule has 216 valence electrons. The van der Waals surface area contributed by atoms with Crippen LogP contribution in [0.3, 0.4) is 0 Å². The Labute approximate surface area is 241 Å². The summed E-state index contributed by atoms with van der Waals surface area (Å²) in [5, 5.41) is 3.99. The lowest BCUT2D eigenvalue weighted by Gasteiger charge is -2.34. The van der Waals surface area contributed by atoms with Gasteiger partial charge < -0.3 is 23.9 Å². The zero-order chi connectivity index (χ0) is 29.0. The molecule has 9 heteroatoms. The molecule has 3 aromatic rings. The van der Waals surface area contributed by atoms with Gasteiger partial charge in [0.15, 0.2) is 6.61 Å². The molecule has 3 aromatic carbocycles. The SMILES string of the molecule is CCOC(=O)CON=C(C)c1ccc(-c2cccc(OCC(=O)N3CCN(Cc4cccc(OC)c4)CC3)c2)cc1. The number of oxime groups is 1. The van der Waals surface area contributed by atoms with Crippen molar-refractivity contribution in [1.82, 2.24) is 9.80 Å². The fraction of sp³-hybridized carbons (Fsp3) is 0.344. The first-order chi connectivity index (χ1) is 19.9. The van der Waals surface area contributed by atoms with Crippen molar-refractivity contribution in [2.75, 3.05) is 53.1 Å². The summed E-state index contributed by atoms with van der Waals surface area (Å²) in [6.45, 7) is 7.45. The molecule has 0 aliphatic carbocycles. The predicted molar refractivity (Wildman–Crippen MR) is 157 cm³/mol. The highest BCUT2D eigenvalue weighted by Gasteiger charge is 2.21. The molecule has 9 nitrogen and oxygen atoms in total. The summed E-state index contributed by atoms with van der Waals surface area (Å²) in [5.74, 6) is 1.03. The van der Waals surface area contributed by atoms with Gasteiger partial charge in [-0.3, -0.25) is 9.69 Å². The third-order valence-electron chi connectivity index (χ3n) is 6.79. The van der Waals surface area contributed by atoms with Crippen LogP contribution in [-0.4, -0.2) is 80.5 Å². The number of esters is 1. The second-order valence-electron chi connectivity index (χ2n) is 9.66. The number of benzene rings is 3. The number of amides is 1. The van der Waals surface area contributed by atoms with E-state index in [1.54, 1.807) is 14.0 Å². The lowest BCUT2D eigenvalue weighted by Crippen LogP contribution is -2.49. The van der Waals surface area contributed by atoms with E-state index in [1.807, 2.05) is 72.5 Å². The summed E-state index contributed by atoms with van der Waals surface area (Å²) in [7, 11) is 1.67. The highest BCUT2D eigenvalue weighted by molar-refractivity contribution is 5.98. The minimum absolute atomic E-state index is 0.000265. The second kappa shape index (κ2) is 14.9. The standard InChI is InChI=1S/C32H37N3O6/c1-4-39-32(37)23-41-33-24(2)26-11-13-27(14-12-26)28-8-6-10-30(20-28)40-22-31(36)35-17-15-34(16-18-35)21-25-7-5-9-29(19-25)38-3/h5-14,19-20H,4,15-18,21-23H2,1-3H3. The Bertz CT molecular complexity index is 1330. The topological polar surface area (TPSA) is 89.9 Å². The third kappa shape index (κ3) is 8.81. The number of piperazine rings is 1. The maximum Gasteiger partial charge on any atom is 0.347 e. The molecule has 1 amide bonds. The Morgan fingerprint density at radius 3 is 2.32 bits per heavy atom. The molecule has 0 N–H and O–H groups in total. The molecule has 0 atom stereocenters. The number of methoxy groups -OCH3 is 1. The summed E-state index contributed by atoms with van der Waals surface area (Å²) in [6.07, 6.45) is 0. The monoisotopic (exact) mass is 559 g/mol. The van der Waals surface area contributed by atoms with Crippen molar-refractivity contribution < 1.29 is 28.6 Å². The normalized spacial score (nSPS) is 13.9. The van der Waals surface area contributed by atoms with Crippen molar-refractivity contribution in [3.8, 4) is 22.6 Å². The predicted octanol–water partition coefficient (Wildman–Crippen LogP) is 4.39. The minimum atomic E-state index is -0.453. The van der Waals surface area contributed by atoms with E-state index in [9.17, 15) is 9.59 Å². The van der Waals surface area contributed by atoms with Gasteiger partial charge in [-0.15, -0.1) is 0 Å². The van der Waals surface area contributed by atoms with E-state index in [2.05, 4.69) is 22.2 Å². The third-order valence-corrected chi connectivity index (χ3v) is 6.79.